The summed E-state index contributed by atoms with van der Waals surface area (Å²) in [5.41, 5.74) is 3.51. The molecule has 2 amide bonds. The summed E-state index contributed by atoms with van der Waals surface area (Å²) in [6.07, 6.45) is 2.81. The maximum absolute atomic E-state index is 12.9. The zero-order valence-electron chi connectivity index (χ0n) is 20.2. The SMILES string of the molecule is CC(C)[C@H](NC(=O)OCC1c2ccccc2-c2ccccc21)C(=O)NCC1(C(=O)O)CC12CCC2. The van der Waals surface area contributed by atoms with Gasteiger partial charge in [0.15, 0.2) is 0 Å². The molecular formula is C28H32N2O5. The van der Waals surface area contributed by atoms with Crippen LogP contribution in [0.3, 0.4) is 0 Å². The number of alkyl carbamates (subject to hydrolysis) is 1. The van der Waals surface area contributed by atoms with Crippen molar-refractivity contribution in [2.24, 2.45) is 16.7 Å². The van der Waals surface area contributed by atoms with Crippen molar-refractivity contribution in [2.45, 2.75) is 51.5 Å². The molecule has 3 aliphatic carbocycles. The maximum atomic E-state index is 12.9. The second-order valence-electron chi connectivity index (χ2n) is 10.6. The van der Waals surface area contributed by atoms with Gasteiger partial charge in [-0.2, -0.15) is 0 Å². The van der Waals surface area contributed by atoms with Crippen molar-refractivity contribution in [1.29, 1.82) is 0 Å². The van der Waals surface area contributed by atoms with Crippen LogP contribution in [0, 0.1) is 16.7 Å². The molecule has 0 radical (unpaired) electrons. The van der Waals surface area contributed by atoms with Crippen molar-refractivity contribution in [3.8, 4) is 11.1 Å². The molecule has 35 heavy (non-hydrogen) atoms. The summed E-state index contributed by atoms with van der Waals surface area (Å²) in [4.78, 5) is 37.6. The molecule has 1 spiro atoms. The Balaban J connectivity index is 1.20. The molecule has 2 fully saturated rings. The summed E-state index contributed by atoms with van der Waals surface area (Å²) in [5, 5.41) is 15.3. The minimum Gasteiger partial charge on any atom is -0.481 e. The third-order valence-electron chi connectivity index (χ3n) is 8.38. The third-order valence-corrected chi connectivity index (χ3v) is 8.38. The number of amides is 2. The summed E-state index contributed by atoms with van der Waals surface area (Å²) in [6.45, 7) is 3.94. The van der Waals surface area contributed by atoms with E-state index >= 15 is 0 Å². The lowest BCUT2D eigenvalue weighted by atomic mass is 9.75. The fourth-order valence-electron chi connectivity index (χ4n) is 6.07. The fraction of sp³-hybridized carbons (Fsp3) is 0.464. The summed E-state index contributed by atoms with van der Waals surface area (Å²) < 4.78 is 5.60. The quantitative estimate of drug-likeness (QED) is 0.527. The predicted octanol–water partition coefficient (Wildman–Crippen LogP) is 4.31. The Morgan fingerprint density at radius 1 is 1.03 bits per heavy atom. The molecule has 1 unspecified atom stereocenters. The van der Waals surface area contributed by atoms with E-state index in [1.807, 2.05) is 38.1 Å². The van der Waals surface area contributed by atoms with Crippen LogP contribution in [0.5, 0.6) is 0 Å². The van der Waals surface area contributed by atoms with Crippen LogP contribution >= 0.6 is 0 Å². The first kappa shape index (κ1) is 23.4. The molecule has 0 aromatic heterocycles. The van der Waals surface area contributed by atoms with Gasteiger partial charge < -0.3 is 20.5 Å². The number of fused-ring (bicyclic) bond motifs is 3. The number of carboxylic acid groups (broad SMARTS) is 1. The van der Waals surface area contributed by atoms with Crippen molar-refractivity contribution in [3.05, 3.63) is 59.7 Å². The zero-order valence-corrected chi connectivity index (χ0v) is 20.2. The van der Waals surface area contributed by atoms with E-state index in [0.717, 1.165) is 41.5 Å². The minimum absolute atomic E-state index is 0.0663. The Bertz CT molecular complexity index is 1130. The van der Waals surface area contributed by atoms with Gasteiger partial charge in [0.25, 0.3) is 0 Å². The van der Waals surface area contributed by atoms with Gasteiger partial charge in [0.05, 0.1) is 5.41 Å². The number of rotatable bonds is 8. The van der Waals surface area contributed by atoms with Gasteiger partial charge in [0.2, 0.25) is 5.91 Å². The Labute approximate surface area is 205 Å². The zero-order chi connectivity index (χ0) is 24.8. The normalized spacial score (nSPS) is 22.0. The molecule has 3 aliphatic rings. The number of hydrogen-bond acceptors (Lipinski definition) is 4. The fourth-order valence-corrected chi connectivity index (χ4v) is 6.07. The van der Waals surface area contributed by atoms with Crippen molar-refractivity contribution in [2.75, 3.05) is 13.2 Å². The number of aliphatic carboxylic acids is 1. The molecule has 2 saturated carbocycles. The summed E-state index contributed by atoms with van der Waals surface area (Å²) in [5.74, 6) is -1.48. The molecule has 0 aliphatic heterocycles. The average Bonchev–Trinajstić information content (AvgIpc) is 3.44. The second-order valence-corrected chi connectivity index (χ2v) is 10.6. The second kappa shape index (κ2) is 8.70. The number of nitrogens with one attached hydrogen (secondary N) is 2. The van der Waals surface area contributed by atoms with Gasteiger partial charge in [-0.3, -0.25) is 9.59 Å². The van der Waals surface area contributed by atoms with Crippen molar-refractivity contribution in [1.82, 2.24) is 10.6 Å². The monoisotopic (exact) mass is 476 g/mol. The van der Waals surface area contributed by atoms with Gasteiger partial charge in [-0.05, 0) is 52.8 Å². The van der Waals surface area contributed by atoms with E-state index in [4.69, 9.17) is 4.74 Å². The molecule has 3 N–H and O–H groups in total. The summed E-state index contributed by atoms with van der Waals surface area (Å²) >= 11 is 0. The van der Waals surface area contributed by atoms with Crippen LogP contribution in [0.15, 0.2) is 48.5 Å². The topological polar surface area (TPSA) is 105 Å². The smallest absolute Gasteiger partial charge is 0.407 e. The van der Waals surface area contributed by atoms with Gasteiger partial charge in [0, 0.05) is 12.5 Å². The number of benzene rings is 2. The number of carbonyl (C=O) groups excluding carboxylic acids is 2. The van der Waals surface area contributed by atoms with Crippen LogP contribution in [-0.2, 0) is 14.3 Å². The first-order chi connectivity index (χ1) is 16.8. The van der Waals surface area contributed by atoms with Crippen molar-refractivity contribution >= 4 is 18.0 Å². The Morgan fingerprint density at radius 3 is 2.11 bits per heavy atom. The van der Waals surface area contributed by atoms with E-state index in [2.05, 4.69) is 34.9 Å². The van der Waals surface area contributed by atoms with Gasteiger partial charge in [-0.25, -0.2) is 4.79 Å². The standard InChI is InChI=1S/C28H32N2O5/c1-17(2)23(24(31)29-16-28(25(32)33)15-27(28)12-7-13-27)30-26(34)35-14-22-20-10-5-3-8-18(20)19-9-4-6-11-21(19)22/h3-6,8-11,17,22-23H,7,12-16H2,1-2H3,(H,29,31)(H,30,34)(H,32,33)/t23-,28?/m0/s1. The first-order valence-electron chi connectivity index (χ1n) is 12.4. The predicted molar refractivity (Wildman–Crippen MR) is 131 cm³/mol. The molecule has 0 heterocycles. The molecular weight excluding hydrogens is 444 g/mol. The Kier molecular flexibility index (Phi) is 5.82. The van der Waals surface area contributed by atoms with E-state index in [9.17, 15) is 19.5 Å². The Hall–Kier alpha value is -3.35. The number of hydrogen-bond donors (Lipinski definition) is 3. The van der Waals surface area contributed by atoms with E-state index in [-0.39, 0.29) is 36.3 Å². The van der Waals surface area contributed by atoms with E-state index in [0.29, 0.717) is 6.42 Å². The van der Waals surface area contributed by atoms with E-state index < -0.39 is 23.5 Å². The van der Waals surface area contributed by atoms with Crippen LogP contribution in [0.4, 0.5) is 4.79 Å². The van der Waals surface area contributed by atoms with Crippen LogP contribution in [0.2, 0.25) is 0 Å². The molecule has 184 valence electrons. The highest BCUT2D eigenvalue weighted by Crippen LogP contribution is 2.73. The average molecular weight is 477 g/mol. The van der Waals surface area contributed by atoms with Gasteiger partial charge in [0.1, 0.15) is 12.6 Å². The highest BCUT2D eigenvalue weighted by molar-refractivity contribution is 5.87. The maximum Gasteiger partial charge on any atom is 0.407 e. The highest BCUT2D eigenvalue weighted by Gasteiger charge is 2.73. The molecule has 2 aromatic carbocycles. The first-order valence-corrected chi connectivity index (χ1v) is 12.4. The van der Waals surface area contributed by atoms with Crippen LogP contribution in [-0.4, -0.2) is 42.3 Å². The van der Waals surface area contributed by atoms with Crippen LogP contribution in [0.1, 0.15) is 56.6 Å². The largest absolute Gasteiger partial charge is 0.481 e. The van der Waals surface area contributed by atoms with E-state index in [1.165, 1.54) is 0 Å². The highest BCUT2D eigenvalue weighted by atomic mass is 16.5. The van der Waals surface area contributed by atoms with Crippen LogP contribution < -0.4 is 10.6 Å². The molecule has 2 aromatic rings. The third kappa shape index (κ3) is 3.87. The van der Waals surface area contributed by atoms with Gasteiger partial charge >= 0.3 is 12.1 Å². The molecule has 0 bridgehead atoms. The number of carboxylic acids is 1. The van der Waals surface area contributed by atoms with Crippen molar-refractivity contribution in [3.63, 3.8) is 0 Å². The lowest BCUT2D eigenvalue weighted by Gasteiger charge is -2.31. The molecule has 2 atom stereocenters. The lowest BCUT2D eigenvalue weighted by Crippen LogP contribution is -2.52. The number of ether oxygens (including phenoxy) is 1. The van der Waals surface area contributed by atoms with Gasteiger partial charge in [-0.15, -0.1) is 0 Å². The summed E-state index contributed by atoms with van der Waals surface area (Å²) in [6, 6.07) is 15.4. The van der Waals surface area contributed by atoms with Gasteiger partial charge in [-0.1, -0.05) is 68.8 Å². The molecule has 0 saturated heterocycles. The van der Waals surface area contributed by atoms with Crippen LogP contribution in [0.25, 0.3) is 11.1 Å². The lowest BCUT2D eigenvalue weighted by molar-refractivity contribution is -0.146. The molecule has 7 heteroatoms. The number of carbonyl (C=O) groups is 3. The Morgan fingerprint density at radius 2 is 1.63 bits per heavy atom. The summed E-state index contributed by atoms with van der Waals surface area (Å²) in [7, 11) is 0. The minimum atomic E-state index is -0.869. The van der Waals surface area contributed by atoms with Crippen molar-refractivity contribution < 1.29 is 24.2 Å². The van der Waals surface area contributed by atoms with E-state index in [1.54, 1.807) is 0 Å². The molecule has 7 nitrogen and oxygen atoms in total. The molecule has 5 rings (SSSR count).